The van der Waals surface area contributed by atoms with E-state index in [1.165, 1.54) is 0 Å². The number of rotatable bonds is 6. The van der Waals surface area contributed by atoms with Crippen molar-refractivity contribution in [2.75, 3.05) is 31.6 Å². The van der Waals surface area contributed by atoms with Crippen LogP contribution in [0.15, 0.2) is 36.9 Å². The van der Waals surface area contributed by atoms with Crippen LogP contribution >= 0.6 is 0 Å². The summed E-state index contributed by atoms with van der Waals surface area (Å²) >= 11 is 0. The number of nitrogens with zero attached hydrogens (tertiary/aromatic N) is 1. The molecule has 1 aromatic carbocycles. The van der Waals surface area contributed by atoms with Gasteiger partial charge in [0, 0.05) is 18.8 Å². The highest BCUT2D eigenvalue weighted by Crippen LogP contribution is 2.17. The summed E-state index contributed by atoms with van der Waals surface area (Å²) in [7, 11) is 0. The van der Waals surface area contributed by atoms with Crippen molar-refractivity contribution in [2.24, 2.45) is 5.92 Å². The van der Waals surface area contributed by atoms with E-state index < -0.39 is 0 Å². The average molecular weight is 288 g/mol. The van der Waals surface area contributed by atoms with Crippen LogP contribution in [0.5, 0.6) is 5.75 Å². The number of carbonyl (C=O) groups is 1. The molecule has 4 nitrogen and oxygen atoms in total. The molecule has 1 amide bonds. The second-order valence-electron chi connectivity index (χ2n) is 5.54. The molecular weight excluding hydrogens is 264 g/mol. The van der Waals surface area contributed by atoms with Crippen LogP contribution in [-0.2, 0) is 4.79 Å². The summed E-state index contributed by atoms with van der Waals surface area (Å²) in [6, 6.07) is 7.62. The number of carbonyl (C=O) groups excluding carboxylic acids is 1. The van der Waals surface area contributed by atoms with E-state index in [0.29, 0.717) is 13.2 Å². The predicted octanol–water partition coefficient (Wildman–Crippen LogP) is 2.92. The molecule has 0 radical (unpaired) electrons. The molecule has 1 heterocycles. The Hall–Kier alpha value is -1.97. The van der Waals surface area contributed by atoms with Gasteiger partial charge in [-0.25, -0.2) is 0 Å². The first-order valence-electron chi connectivity index (χ1n) is 7.54. The average Bonchev–Trinajstić information content (AvgIpc) is 2.52. The second-order valence-corrected chi connectivity index (χ2v) is 5.54. The van der Waals surface area contributed by atoms with E-state index in [1.807, 2.05) is 29.2 Å². The van der Waals surface area contributed by atoms with Gasteiger partial charge in [0.1, 0.15) is 12.4 Å². The minimum absolute atomic E-state index is 0.175. The summed E-state index contributed by atoms with van der Waals surface area (Å²) < 4.78 is 5.42. The molecule has 0 aliphatic carbocycles. The van der Waals surface area contributed by atoms with Crippen LogP contribution < -0.4 is 10.1 Å². The Labute approximate surface area is 126 Å². The van der Waals surface area contributed by atoms with Gasteiger partial charge in [-0.3, -0.25) is 4.79 Å². The zero-order valence-corrected chi connectivity index (χ0v) is 12.7. The molecule has 1 aliphatic heterocycles. The summed E-state index contributed by atoms with van der Waals surface area (Å²) in [6.07, 6.45) is 3.94. The second kappa shape index (κ2) is 7.72. The third-order valence-corrected chi connectivity index (χ3v) is 3.80. The largest absolute Gasteiger partial charge is 0.490 e. The molecule has 0 bridgehead atoms. The van der Waals surface area contributed by atoms with Gasteiger partial charge < -0.3 is 15.0 Å². The molecule has 0 unspecified atom stereocenters. The van der Waals surface area contributed by atoms with Crippen LogP contribution in [0.4, 0.5) is 5.69 Å². The lowest BCUT2D eigenvalue weighted by molar-refractivity contribution is -0.130. The molecule has 1 fully saturated rings. The molecule has 4 heteroatoms. The third kappa shape index (κ3) is 4.81. The molecule has 21 heavy (non-hydrogen) atoms. The fraction of sp³-hybridized carbons (Fsp3) is 0.471. The van der Waals surface area contributed by atoms with E-state index >= 15 is 0 Å². The van der Waals surface area contributed by atoms with E-state index in [0.717, 1.165) is 43.3 Å². The number of benzene rings is 1. The molecular formula is C17H24N2O2. The number of piperidine rings is 1. The minimum Gasteiger partial charge on any atom is -0.490 e. The Morgan fingerprint density at radius 1 is 1.38 bits per heavy atom. The zero-order chi connectivity index (χ0) is 15.1. The monoisotopic (exact) mass is 288 g/mol. The maximum atomic E-state index is 12.1. The van der Waals surface area contributed by atoms with Gasteiger partial charge in [-0.05, 0) is 43.0 Å². The highest BCUT2D eigenvalue weighted by Gasteiger charge is 2.19. The number of hydrogen-bond acceptors (Lipinski definition) is 3. The van der Waals surface area contributed by atoms with Crippen LogP contribution in [0.1, 0.15) is 19.8 Å². The maximum absolute atomic E-state index is 12.1. The molecule has 1 saturated heterocycles. The summed E-state index contributed by atoms with van der Waals surface area (Å²) in [6.45, 7) is 8.47. The van der Waals surface area contributed by atoms with E-state index in [2.05, 4.69) is 18.8 Å². The lowest BCUT2D eigenvalue weighted by Crippen LogP contribution is -2.40. The molecule has 0 saturated carbocycles. The number of amides is 1. The lowest BCUT2D eigenvalue weighted by atomic mass is 9.99. The topological polar surface area (TPSA) is 41.6 Å². The first-order chi connectivity index (χ1) is 10.2. The van der Waals surface area contributed by atoms with Crippen molar-refractivity contribution in [1.82, 2.24) is 4.90 Å². The lowest BCUT2D eigenvalue weighted by Gasteiger charge is -2.30. The molecule has 1 N–H and O–H groups in total. The van der Waals surface area contributed by atoms with Crippen LogP contribution in [0.2, 0.25) is 0 Å². The highest BCUT2D eigenvalue weighted by atomic mass is 16.5. The van der Waals surface area contributed by atoms with Crippen molar-refractivity contribution in [3.8, 4) is 5.75 Å². The highest BCUT2D eigenvalue weighted by molar-refractivity contribution is 5.81. The van der Waals surface area contributed by atoms with E-state index in [-0.39, 0.29) is 5.91 Å². The normalized spacial score (nSPS) is 15.6. The van der Waals surface area contributed by atoms with E-state index in [1.54, 1.807) is 6.08 Å². The van der Waals surface area contributed by atoms with Gasteiger partial charge in [-0.1, -0.05) is 19.6 Å². The molecule has 2 rings (SSSR count). The van der Waals surface area contributed by atoms with Gasteiger partial charge in [-0.2, -0.15) is 0 Å². The Morgan fingerprint density at radius 2 is 2.05 bits per heavy atom. The van der Waals surface area contributed by atoms with Crippen molar-refractivity contribution in [3.63, 3.8) is 0 Å². The number of nitrogens with one attached hydrogen (secondary N) is 1. The van der Waals surface area contributed by atoms with E-state index in [4.69, 9.17) is 4.74 Å². The van der Waals surface area contributed by atoms with Gasteiger partial charge in [0.2, 0.25) is 5.91 Å². The number of anilines is 1. The summed E-state index contributed by atoms with van der Waals surface area (Å²) in [5.41, 5.74) is 0.930. The van der Waals surface area contributed by atoms with Crippen LogP contribution in [0, 0.1) is 5.92 Å². The Morgan fingerprint density at radius 3 is 2.67 bits per heavy atom. The van der Waals surface area contributed by atoms with E-state index in [9.17, 15) is 4.79 Å². The molecule has 0 atom stereocenters. The van der Waals surface area contributed by atoms with Gasteiger partial charge >= 0.3 is 0 Å². The SMILES string of the molecule is C=CCOc1ccc(NCC(=O)N2CCC(C)CC2)cc1. The van der Waals surface area contributed by atoms with Crippen LogP contribution in [-0.4, -0.2) is 37.0 Å². The fourth-order valence-corrected chi connectivity index (χ4v) is 2.37. The number of ether oxygens (including phenoxy) is 1. The first kappa shape index (κ1) is 15.4. The zero-order valence-electron chi connectivity index (χ0n) is 12.7. The maximum Gasteiger partial charge on any atom is 0.241 e. The molecule has 1 aliphatic rings. The standard InChI is InChI=1S/C17H24N2O2/c1-3-12-21-16-6-4-15(5-7-16)18-13-17(20)19-10-8-14(2)9-11-19/h3-7,14,18H,1,8-13H2,2H3. The van der Waals surface area contributed by atoms with Gasteiger partial charge in [-0.15, -0.1) is 0 Å². The predicted molar refractivity (Wildman–Crippen MR) is 85.6 cm³/mol. The van der Waals surface area contributed by atoms with Gasteiger partial charge in [0.15, 0.2) is 0 Å². The van der Waals surface area contributed by atoms with Crippen molar-refractivity contribution in [2.45, 2.75) is 19.8 Å². The number of hydrogen-bond donors (Lipinski definition) is 1. The fourth-order valence-electron chi connectivity index (χ4n) is 2.37. The molecule has 114 valence electrons. The first-order valence-corrected chi connectivity index (χ1v) is 7.54. The van der Waals surface area contributed by atoms with Gasteiger partial charge in [0.25, 0.3) is 0 Å². The van der Waals surface area contributed by atoms with Crippen molar-refractivity contribution < 1.29 is 9.53 Å². The molecule has 0 spiro atoms. The Kier molecular flexibility index (Phi) is 5.67. The van der Waals surface area contributed by atoms with Crippen molar-refractivity contribution in [3.05, 3.63) is 36.9 Å². The molecule has 1 aromatic rings. The third-order valence-electron chi connectivity index (χ3n) is 3.80. The minimum atomic E-state index is 0.175. The summed E-state index contributed by atoms with van der Waals surface area (Å²) in [4.78, 5) is 14.1. The van der Waals surface area contributed by atoms with Crippen molar-refractivity contribution >= 4 is 11.6 Å². The van der Waals surface area contributed by atoms with Gasteiger partial charge in [0.05, 0.1) is 6.54 Å². The summed E-state index contributed by atoms with van der Waals surface area (Å²) in [5, 5.41) is 3.17. The smallest absolute Gasteiger partial charge is 0.241 e. The Balaban J connectivity index is 1.77. The van der Waals surface area contributed by atoms with Crippen LogP contribution in [0.3, 0.4) is 0 Å². The number of likely N-dealkylation sites (tertiary alicyclic amines) is 1. The molecule has 0 aromatic heterocycles. The summed E-state index contributed by atoms with van der Waals surface area (Å²) in [5.74, 6) is 1.72. The van der Waals surface area contributed by atoms with Crippen molar-refractivity contribution in [1.29, 1.82) is 0 Å². The Bertz CT molecular complexity index is 462. The van der Waals surface area contributed by atoms with Crippen LogP contribution in [0.25, 0.3) is 0 Å². The quantitative estimate of drug-likeness (QED) is 0.818.